The van der Waals surface area contributed by atoms with Crippen molar-refractivity contribution in [1.82, 2.24) is 4.98 Å². The van der Waals surface area contributed by atoms with Crippen LogP contribution in [0.1, 0.15) is 22.8 Å². The predicted molar refractivity (Wildman–Crippen MR) is 105 cm³/mol. The molecule has 1 N–H and O–H groups in total. The summed E-state index contributed by atoms with van der Waals surface area (Å²) in [7, 11) is 0. The Labute approximate surface area is 161 Å². The second-order valence-corrected chi connectivity index (χ2v) is 6.79. The lowest BCUT2D eigenvalue weighted by molar-refractivity contribution is 0.0526. The number of benzene rings is 1. The Hall–Kier alpha value is -2.12. The van der Waals surface area contributed by atoms with Crippen molar-refractivity contribution < 1.29 is 14.3 Å². The van der Waals surface area contributed by atoms with Crippen LogP contribution in [0, 0.1) is 0 Å². The van der Waals surface area contributed by atoms with Crippen LogP contribution in [0.25, 0.3) is 0 Å². The monoisotopic (exact) mass is 419 g/mol. The maximum absolute atomic E-state index is 11.7. The number of pyridine rings is 1. The number of esters is 1. The molecule has 0 radical (unpaired) electrons. The highest BCUT2D eigenvalue weighted by Crippen LogP contribution is 2.26. The Morgan fingerprint density at radius 3 is 2.81 bits per heavy atom. The molecule has 1 aromatic heterocycles. The summed E-state index contributed by atoms with van der Waals surface area (Å²) in [6.45, 7) is 6.04. The van der Waals surface area contributed by atoms with E-state index in [4.69, 9.17) is 9.47 Å². The third-order valence-electron chi connectivity index (χ3n) is 4.13. The summed E-state index contributed by atoms with van der Waals surface area (Å²) in [5, 5.41) is 3.32. The van der Waals surface area contributed by atoms with Crippen molar-refractivity contribution in [3.8, 4) is 0 Å². The molecule has 6 nitrogen and oxygen atoms in total. The number of anilines is 2. The zero-order chi connectivity index (χ0) is 18.4. The quantitative estimate of drug-likeness (QED) is 0.723. The SMILES string of the molecule is CCOC(=O)c1ccc(NCc2ccc(Br)cc2N2CCOCC2)nc1. The van der Waals surface area contributed by atoms with E-state index in [1.165, 1.54) is 17.4 Å². The standard InChI is InChI=1S/C19H22BrN3O3/c1-2-26-19(24)15-4-6-18(22-13-15)21-12-14-3-5-16(20)11-17(14)23-7-9-25-10-8-23/h3-6,11,13H,2,7-10,12H2,1H3,(H,21,22). The van der Waals surface area contributed by atoms with Gasteiger partial charge in [0.25, 0.3) is 0 Å². The normalized spacial score (nSPS) is 14.2. The Kier molecular flexibility index (Phi) is 6.46. The molecule has 0 aliphatic carbocycles. The number of halogens is 1. The van der Waals surface area contributed by atoms with Gasteiger partial charge in [0, 0.05) is 36.0 Å². The summed E-state index contributed by atoms with van der Waals surface area (Å²) in [5.74, 6) is 0.364. The van der Waals surface area contributed by atoms with Crippen molar-refractivity contribution >= 4 is 33.4 Å². The van der Waals surface area contributed by atoms with E-state index in [-0.39, 0.29) is 5.97 Å². The van der Waals surface area contributed by atoms with E-state index in [0.717, 1.165) is 30.8 Å². The highest BCUT2D eigenvalue weighted by atomic mass is 79.9. The summed E-state index contributed by atoms with van der Waals surface area (Å²) in [6, 6.07) is 9.80. The molecule has 2 heterocycles. The summed E-state index contributed by atoms with van der Waals surface area (Å²) < 4.78 is 11.5. The smallest absolute Gasteiger partial charge is 0.339 e. The minimum absolute atomic E-state index is 0.353. The zero-order valence-corrected chi connectivity index (χ0v) is 16.3. The molecule has 1 fully saturated rings. The molecule has 0 saturated carbocycles. The molecule has 0 atom stereocenters. The second kappa shape index (κ2) is 9.00. The third-order valence-corrected chi connectivity index (χ3v) is 4.63. The van der Waals surface area contributed by atoms with Crippen LogP contribution in [-0.4, -0.2) is 43.9 Å². The van der Waals surface area contributed by atoms with Crippen molar-refractivity contribution in [3.63, 3.8) is 0 Å². The molecule has 0 spiro atoms. The minimum atomic E-state index is -0.353. The number of aromatic nitrogens is 1. The number of carbonyl (C=O) groups is 1. The Bertz CT molecular complexity index is 746. The maximum Gasteiger partial charge on any atom is 0.339 e. The fraction of sp³-hybridized carbons (Fsp3) is 0.368. The van der Waals surface area contributed by atoms with E-state index in [9.17, 15) is 4.79 Å². The topological polar surface area (TPSA) is 63.7 Å². The van der Waals surface area contributed by atoms with Crippen LogP contribution in [0.3, 0.4) is 0 Å². The van der Waals surface area contributed by atoms with E-state index >= 15 is 0 Å². The molecule has 1 aliphatic rings. The van der Waals surface area contributed by atoms with Gasteiger partial charge in [0.1, 0.15) is 5.82 Å². The number of ether oxygens (including phenoxy) is 2. The van der Waals surface area contributed by atoms with E-state index in [2.05, 4.69) is 43.3 Å². The van der Waals surface area contributed by atoms with E-state index < -0.39 is 0 Å². The highest BCUT2D eigenvalue weighted by molar-refractivity contribution is 9.10. The number of nitrogens with zero attached hydrogens (tertiary/aromatic N) is 2. The van der Waals surface area contributed by atoms with Gasteiger partial charge in [-0.2, -0.15) is 0 Å². The van der Waals surface area contributed by atoms with Gasteiger partial charge in [-0.15, -0.1) is 0 Å². The molecule has 3 rings (SSSR count). The number of morpholine rings is 1. The molecular weight excluding hydrogens is 398 g/mol. The fourth-order valence-corrected chi connectivity index (χ4v) is 3.15. The van der Waals surface area contributed by atoms with Crippen LogP contribution in [0.5, 0.6) is 0 Å². The molecule has 1 aliphatic heterocycles. The molecule has 1 saturated heterocycles. The molecule has 1 aromatic carbocycles. The molecule has 0 unspecified atom stereocenters. The van der Waals surface area contributed by atoms with Gasteiger partial charge in [0.15, 0.2) is 0 Å². The lowest BCUT2D eigenvalue weighted by Crippen LogP contribution is -2.36. The maximum atomic E-state index is 11.7. The van der Waals surface area contributed by atoms with Gasteiger partial charge in [-0.25, -0.2) is 9.78 Å². The first-order valence-corrected chi connectivity index (χ1v) is 9.45. The van der Waals surface area contributed by atoms with Gasteiger partial charge >= 0.3 is 5.97 Å². The van der Waals surface area contributed by atoms with Crippen LogP contribution < -0.4 is 10.2 Å². The number of hydrogen-bond donors (Lipinski definition) is 1. The van der Waals surface area contributed by atoms with E-state index in [0.29, 0.717) is 24.5 Å². The predicted octanol–water partition coefficient (Wildman–Crippen LogP) is 3.47. The van der Waals surface area contributed by atoms with Gasteiger partial charge in [-0.1, -0.05) is 22.0 Å². The van der Waals surface area contributed by atoms with Crippen molar-refractivity contribution in [2.24, 2.45) is 0 Å². The number of hydrogen-bond acceptors (Lipinski definition) is 6. The summed E-state index contributed by atoms with van der Waals surface area (Å²) in [6.07, 6.45) is 1.53. The van der Waals surface area contributed by atoms with Crippen LogP contribution in [-0.2, 0) is 16.0 Å². The first-order chi connectivity index (χ1) is 12.7. The number of carbonyl (C=O) groups excluding carboxylic acids is 1. The number of rotatable bonds is 6. The lowest BCUT2D eigenvalue weighted by Gasteiger charge is -2.31. The first kappa shape index (κ1) is 18.7. The van der Waals surface area contributed by atoms with Gasteiger partial charge in [-0.3, -0.25) is 0 Å². The first-order valence-electron chi connectivity index (χ1n) is 8.65. The molecule has 26 heavy (non-hydrogen) atoms. The zero-order valence-electron chi connectivity index (χ0n) is 14.7. The van der Waals surface area contributed by atoms with E-state index in [1.54, 1.807) is 19.1 Å². The minimum Gasteiger partial charge on any atom is -0.462 e. The lowest BCUT2D eigenvalue weighted by atomic mass is 10.1. The summed E-state index contributed by atoms with van der Waals surface area (Å²) >= 11 is 3.56. The highest BCUT2D eigenvalue weighted by Gasteiger charge is 2.15. The molecule has 0 bridgehead atoms. The molecule has 7 heteroatoms. The van der Waals surface area contributed by atoms with Crippen LogP contribution in [0.4, 0.5) is 11.5 Å². The Balaban J connectivity index is 1.68. The van der Waals surface area contributed by atoms with Crippen LogP contribution in [0.2, 0.25) is 0 Å². The van der Waals surface area contributed by atoms with Gasteiger partial charge in [0.05, 0.1) is 25.4 Å². The van der Waals surface area contributed by atoms with Gasteiger partial charge in [-0.05, 0) is 36.8 Å². The van der Waals surface area contributed by atoms with Crippen LogP contribution >= 0.6 is 15.9 Å². The fourth-order valence-electron chi connectivity index (χ4n) is 2.80. The van der Waals surface area contributed by atoms with Crippen LogP contribution in [0.15, 0.2) is 41.0 Å². The largest absolute Gasteiger partial charge is 0.462 e. The Morgan fingerprint density at radius 2 is 2.12 bits per heavy atom. The summed E-state index contributed by atoms with van der Waals surface area (Å²) in [4.78, 5) is 18.3. The summed E-state index contributed by atoms with van der Waals surface area (Å²) in [5.41, 5.74) is 2.83. The van der Waals surface area contributed by atoms with Crippen molar-refractivity contribution in [2.75, 3.05) is 43.1 Å². The van der Waals surface area contributed by atoms with Crippen molar-refractivity contribution in [3.05, 3.63) is 52.1 Å². The Morgan fingerprint density at radius 1 is 1.31 bits per heavy atom. The third kappa shape index (κ3) is 4.74. The molecular formula is C19H22BrN3O3. The van der Waals surface area contributed by atoms with Crippen molar-refractivity contribution in [2.45, 2.75) is 13.5 Å². The second-order valence-electron chi connectivity index (χ2n) is 5.88. The average Bonchev–Trinajstić information content (AvgIpc) is 2.68. The van der Waals surface area contributed by atoms with E-state index in [1.807, 2.05) is 6.07 Å². The average molecular weight is 420 g/mol. The van der Waals surface area contributed by atoms with Gasteiger partial charge < -0.3 is 19.7 Å². The van der Waals surface area contributed by atoms with Crippen molar-refractivity contribution in [1.29, 1.82) is 0 Å². The number of nitrogens with one attached hydrogen (secondary N) is 1. The van der Waals surface area contributed by atoms with Gasteiger partial charge in [0.2, 0.25) is 0 Å². The molecule has 138 valence electrons. The molecule has 2 aromatic rings. The molecule has 0 amide bonds.